The van der Waals surface area contributed by atoms with Crippen molar-refractivity contribution in [3.05, 3.63) is 83.8 Å². The molecule has 2 heterocycles. The first-order valence-corrected chi connectivity index (χ1v) is 10.3. The molecule has 0 saturated heterocycles. The highest BCUT2D eigenvalue weighted by Gasteiger charge is 2.22. The molecular formula is C26H22FN3O2. The van der Waals surface area contributed by atoms with Gasteiger partial charge in [0.25, 0.3) is 0 Å². The van der Waals surface area contributed by atoms with Crippen LogP contribution in [0.2, 0.25) is 0 Å². The smallest absolute Gasteiger partial charge is 0.162 e. The fourth-order valence-electron chi connectivity index (χ4n) is 4.00. The van der Waals surface area contributed by atoms with E-state index >= 15 is 0 Å². The van der Waals surface area contributed by atoms with Crippen LogP contribution in [0.1, 0.15) is 11.1 Å². The lowest BCUT2D eigenvalue weighted by Gasteiger charge is -2.17. The van der Waals surface area contributed by atoms with Crippen LogP contribution in [0, 0.1) is 12.7 Å². The van der Waals surface area contributed by atoms with Crippen LogP contribution in [-0.4, -0.2) is 29.0 Å². The lowest BCUT2D eigenvalue weighted by Crippen LogP contribution is -2.05. The molecule has 0 bridgehead atoms. The second-order valence-corrected chi connectivity index (χ2v) is 7.78. The number of fused-ring (bicyclic) bond motifs is 3. The summed E-state index contributed by atoms with van der Waals surface area (Å²) in [5, 5.41) is 9.96. The van der Waals surface area contributed by atoms with Gasteiger partial charge in [-0.05, 0) is 30.7 Å². The van der Waals surface area contributed by atoms with Crippen molar-refractivity contribution in [2.45, 2.75) is 13.5 Å². The van der Waals surface area contributed by atoms with Crippen LogP contribution in [-0.2, 0) is 6.54 Å². The zero-order valence-electron chi connectivity index (χ0n) is 18.1. The molecule has 5 nitrogen and oxygen atoms in total. The number of aromatic nitrogens is 3. The average molecular weight is 427 g/mol. The molecule has 0 aliphatic carbocycles. The number of hydrogen-bond donors (Lipinski definition) is 0. The topological polar surface area (TPSA) is 49.2 Å². The number of nitrogens with zero attached hydrogens (tertiary/aromatic N) is 3. The molecule has 0 fully saturated rings. The second kappa shape index (κ2) is 7.96. The van der Waals surface area contributed by atoms with E-state index in [0.29, 0.717) is 18.0 Å². The number of ether oxygens (including phenoxy) is 2. The summed E-state index contributed by atoms with van der Waals surface area (Å²) in [7, 11) is 3.23. The molecule has 3 aromatic carbocycles. The minimum Gasteiger partial charge on any atom is -0.493 e. The van der Waals surface area contributed by atoms with Gasteiger partial charge < -0.3 is 14.0 Å². The minimum atomic E-state index is -0.253. The van der Waals surface area contributed by atoms with E-state index in [9.17, 15) is 4.39 Å². The zero-order valence-corrected chi connectivity index (χ0v) is 18.1. The maximum atomic E-state index is 13.4. The molecule has 6 heteroatoms. The Morgan fingerprint density at radius 2 is 1.50 bits per heavy atom. The molecule has 2 aliphatic rings. The molecule has 0 spiro atoms. The van der Waals surface area contributed by atoms with Gasteiger partial charge in [0, 0.05) is 35.3 Å². The van der Waals surface area contributed by atoms with Crippen LogP contribution in [0.5, 0.6) is 11.5 Å². The molecule has 0 radical (unpaired) electrons. The Morgan fingerprint density at radius 3 is 2.19 bits per heavy atom. The number of pyridine rings is 1. The van der Waals surface area contributed by atoms with Gasteiger partial charge >= 0.3 is 0 Å². The molecule has 5 rings (SSSR count). The number of aryl methyl sites for hydroxylation is 1. The van der Waals surface area contributed by atoms with E-state index in [2.05, 4.69) is 52.2 Å². The van der Waals surface area contributed by atoms with Crippen LogP contribution < -0.4 is 9.47 Å². The van der Waals surface area contributed by atoms with Gasteiger partial charge in [-0.25, -0.2) is 4.39 Å². The first kappa shape index (κ1) is 20.0. The molecule has 0 atom stereocenters. The summed E-state index contributed by atoms with van der Waals surface area (Å²) in [6, 6.07) is 18.7. The number of methoxy groups -OCH3 is 2. The van der Waals surface area contributed by atoms with Crippen molar-refractivity contribution >= 4 is 10.9 Å². The van der Waals surface area contributed by atoms with Gasteiger partial charge in [-0.15, -0.1) is 10.2 Å². The van der Waals surface area contributed by atoms with Crippen molar-refractivity contribution < 1.29 is 13.9 Å². The van der Waals surface area contributed by atoms with Crippen molar-refractivity contribution in [1.29, 1.82) is 0 Å². The van der Waals surface area contributed by atoms with Crippen LogP contribution in [0.4, 0.5) is 4.39 Å². The normalized spacial score (nSPS) is 11.2. The third-order valence-corrected chi connectivity index (χ3v) is 5.70. The largest absolute Gasteiger partial charge is 0.493 e. The van der Waals surface area contributed by atoms with Crippen LogP contribution >= 0.6 is 0 Å². The molecule has 2 aliphatic heterocycles. The Bertz CT molecular complexity index is 1380. The monoisotopic (exact) mass is 427 g/mol. The van der Waals surface area contributed by atoms with E-state index in [0.717, 1.165) is 39.0 Å². The molecule has 3 aromatic rings. The van der Waals surface area contributed by atoms with Gasteiger partial charge in [-0.2, -0.15) is 0 Å². The summed E-state index contributed by atoms with van der Waals surface area (Å²) in [6.45, 7) is 2.61. The summed E-state index contributed by atoms with van der Waals surface area (Å²) < 4.78 is 26.6. The van der Waals surface area contributed by atoms with E-state index in [1.807, 2.05) is 12.1 Å². The number of halogens is 1. The van der Waals surface area contributed by atoms with Crippen LogP contribution in [0.3, 0.4) is 0 Å². The Labute approximate surface area is 185 Å². The standard InChI is InChI=1S/C26H22FN3O2/c1-16-4-8-18(9-5-16)25-21-15-30(14-17-6-10-19(27)11-7-17)22-13-24(32-3)23(31-2)12-20(22)26(21)29-28-25/h4-13,15H,14H2,1-3H3. The molecule has 0 amide bonds. The van der Waals surface area contributed by atoms with Crippen molar-refractivity contribution in [3.63, 3.8) is 0 Å². The third kappa shape index (κ3) is 3.43. The maximum absolute atomic E-state index is 13.4. The number of hydrogen-bond acceptors (Lipinski definition) is 4. The Balaban J connectivity index is 1.76. The van der Waals surface area contributed by atoms with E-state index in [4.69, 9.17) is 9.47 Å². The zero-order chi connectivity index (χ0) is 22.2. The highest BCUT2D eigenvalue weighted by atomic mass is 19.1. The molecule has 0 unspecified atom stereocenters. The quantitative estimate of drug-likeness (QED) is 0.360. The van der Waals surface area contributed by atoms with Crippen molar-refractivity contribution in [2.24, 2.45) is 0 Å². The molecule has 0 saturated carbocycles. The third-order valence-electron chi connectivity index (χ3n) is 5.70. The summed E-state index contributed by atoms with van der Waals surface area (Å²) in [4.78, 5) is 0. The molecule has 32 heavy (non-hydrogen) atoms. The van der Waals surface area contributed by atoms with Gasteiger partial charge in [-0.3, -0.25) is 0 Å². The van der Waals surface area contributed by atoms with E-state index in [-0.39, 0.29) is 5.82 Å². The predicted molar refractivity (Wildman–Crippen MR) is 123 cm³/mol. The highest BCUT2D eigenvalue weighted by Crippen LogP contribution is 2.41. The molecular weight excluding hydrogens is 405 g/mol. The van der Waals surface area contributed by atoms with Gasteiger partial charge in [0.15, 0.2) is 11.5 Å². The summed E-state index contributed by atoms with van der Waals surface area (Å²) in [5.74, 6) is 1.00. The lowest BCUT2D eigenvalue weighted by molar-refractivity contribution is 0.355. The van der Waals surface area contributed by atoms with Crippen molar-refractivity contribution in [2.75, 3.05) is 14.2 Å². The SMILES string of the molecule is COc1cc2c3nnc(-c4ccc(C)cc4)c-3cn(Cc3ccc(F)cc3)c2cc1OC. The van der Waals surface area contributed by atoms with Gasteiger partial charge in [-0.1, -0.05) is 42.0 Å². The molecule has 160 valence electrons. The van der Waals surface area contributed by atoms with E-state index in [1.165, 1.54) is 17.7 Å². The summed E-state index contributed by atoms with van der Waals surface area (Å²) >= 11 is 0. The number of benzene rings is 3. The summed E-state index contributed by atoms with van der Waals surface area (Å²) in [6.07, 6.45) is 2.06. The summed E-state index contributed by atoms with van der Waals surface area (Å²) in [5.41, 5.74) is 6.66. The van der Waals surface area contributed by atoms with Crippen molar-refractivity contribution in [3.8, 4) is 34.0 Å². The predicted octanol–water partition coefficient (Wildman–Crippen LogP) is 5.72. The Morgan fingerprint density at radius 1 is 0.844 bits per heavy atom. The van der Waals surface area contributed by atoms with Crippen LogP contribution in [0.25, 0.3) is 33.4 Å². The Kier molecular flexibility index (Phi) is 4.98. The minimum absolute atomic E-state index is 0.253. The van der Waals surface area contributed by atoms with Gasteiger partial charge in [0.1, 0.15) is 17.2 Å². The second-order valence-electron chi connectivity index (χ2n) is 7.78. The average Bonchev–Trinajstić information content (AvgIpc) is 3.24. The van der Waals surface area contributed by atoms with Crippen LogP contribution in [0.15, 0.2) is 66.9 Å². The molecule has 0 aromatic heterocycles. The fourth-order valence-corrected chi connectivity index (χ4v) is 4.00. The van der Waals surface area contributed by atoms with E-state index in [1.54, 1.807) is 26.4 Å². The van der Waals surface area contributed by atoms with Gasteiger partial charge in [0.2, 0.25) is 0 Å². The first-order chi connectivity index (χ1) is 15.6. The van der Waals surface area contributed by atoms with Gasteiger partial charge in [0.05, 0.1) is 19.7 Å². The molecule has 0 N–H and O–H groups in total. The maximum Gasteiger partial charge on any atom is 0.162 e. The van der Waals surface area contributed by atoms with E-state index < -0.39 is 0 Å². The van der Waals surface area contributed by atoms with Crippen molar-refractivity contribution in [1.82, 2.24) is 14.8 Å². The fraction of sp³-hybridized carbons (Fsp3) is 0.154. The highest BCUT2D eigenvalue weighted by molar-refractivity contribution is 5.99. The number of rotatable bonds is 5. The Hall–Kier alpha value is -3.93. The lowest BCUT2D eigenvalue weighted by atomic mass is 10.0. The first-order valence-electron chi connectivity index (χ1n) is 10.3.